The average Bonchev–Trinajstić information content (AvgIpc) is 3.13. The lowest BCUT2D eigenvalue weighted by Crippen LogP contribution is -2.09. The second-order valence-corrected chi connectivity index (χ2v) is 6.07. The molecule has 3 rings (SSSR count). The Balaban J connectivity index is 0.000000469. The zero-order valence-electron chi connectivity index (χ0n) is 16.8. The predicted molar refractivity (Wildman–Crippen MR) is 111 cm³/mol. The summed E-state index contributed by atoms with van der Waals surface area (Å²) >= 11 is 0. The van der Waals surface area contributed by atoms with E-state index in [1.54, 1.807) is 14.2 Å². The highest BCUT2D eigenvalue weighted by molar-refractivity contribution is 6.27. The normalized spacial score (nSPS) is 9.83. The Bertz CT molecular complexity index is 986. The van der Waals surface area contributed by atoms with Gasteiger partial charge in [0, 0.05) is 19.2 Å². The number of nitrogens with one attached hydrogen (secondary N) is 1. The number of carboxylic acids is 2. The van der Waals surface area contributed by atoms with Gasteiger partial charge in [-0.05, 0) is 29.8 Å². The number of imidazole rings is 1. The van der Waals surface area contributed by atoms with Gasteiger partial charge in [0.05, 0.1) is 26.1 Å². The van der Waals surface area contributed by atoms with E-state index < -0.39 is 11.9 Å². The van der Waals surface area contributed by atoms with E-state index in [9.17, 15) is 0 Å². The predicted octanol–water partition coefficient (Wildman–Crippen LogP) is 2.87. The maximum Gasteiger partial charge on any atom is 0.414 e. The van der Waals surface area contributed by atoms with Gasteiger partial charge in [-0.1, -0.05) is 24.3 Å². The molecule has 0 saturated carbocycles. The number of hydrogen-bond acceptors (Lipinski definition) is 6. The van der Waals surface area contributed by atoms with E-state index in [1.165, 1.54) is 5.56 Å². The molecule has 30 heavy (non-hydrogen) atoms. The van der Waals surface area contributed by atoms with Gasteiger partial charge in [-0.2, -0.15) is 0 Å². The van der Waals surface area contributed by atoms with Crippen LogP contribution in [0.3, 0.4) is 0 Å². The first-order chi connectivity index (χ1) is 14.3. The third-order valence-electron chi connectivity index (χ3n) is 4.15. The summed E-state index contributed by atoms with van der Waals surface area (Å²) in [4.78, 5) is 22.7. The molecule has 0 bridgehead atoms. The van der Waals surface area contributed by atoms with Gasteiger partial charge in [0.15, 0.2) is 0 Å². The first kappa shape index (κ1) is 22.3. The van der Waals surface area contributed by atoms with E-state index in [-0.39, 0.29) is 0 Å². The number of aliphatic carboxylic acids is 2. The first-order valence-corrected chi connectivity index (χ1v) is 8.84. The molecule has 9 nitrogen and oxygen atoms in total. The molecule has 0 aliphatic rings. The summed E-state index contributed by atoms with van der Waals surface area (Å²) in [6.45, 7) is 0.701. The van der Waals surface area contributed by atoms with Gasteiger partial charge in [-0.15, -0.1) is 0 Å². The Hall–Kier alpha value is -4.01. The fourth-order valence-electron chi connectivity index (χ4n) is 2.55. The van der Waals surface area contributed by atoms with Crippen molar-refractivity contribution >= 4 is 17.9 Å². The van der Waals surface area contributed by atoms with Crippen molar-refractivity contribution in [2.24, 2.45) is 7.05 Å². The molecule has 158 valence electrons. The van der Waals surface area contributed by atoms with Gasteiger partial charge in [0.25, 0.3) is 0 Å². The van der Waals surface area contributed by atoms with Crippen molar-refractivity contribution in [2.45, 2.75) is 6.54 Å². The minimum atomic E-state index is -1.82. The van der Waals surface area contributed by atoms with E-state index in [0.717, 1.165) is 28.7 Å². The third kappa shape index (κ3) is 5.99. The maximum atomic E-state index is 9.10. The van der Waals surface area contributed by atoms with Crippen LogP contribution >= 0.6 is 0 Å². The molecule has 3 N–H and O–H groups in total. The highest BCUT2D eigenvalue weighted by Gasteiger charge is 2.09. The maximum absolute atomic E-state index is 9.10. The topological polar surface area (TPSA) is 123 Å². The van der Waals surface area contributed by atoms with Crippen molar-refractivity contribution in [2.75, 3.05) is 19.5 Å². The number of nitrogens with zero attached hydrogens (tertiary/aromatic N) is 2. The van der Waals surface area contributed by atoms with Gasteiger partial charge < -0.3 is 29.6 Å². The largest absolute Gasteiger partial charge is 0.497 e. The second-order valence-electron chi connectivity index (χ2n) is 6.07. The van der Waals surface area contributed by atoms with E-state index in [2.05, 4.69) is 10.3 Å². The summed E-state index contributed by atoms with van der Waals surface area (Å²) in [5.41, 5.74) is 3.27. The fourth-order valence-corrected chi connectivity index (χ4v) is 2.55. The summed E-state index contributed by atoms with van der Waals surface area (Å²) < 4.78 is 12.5. The molecule has 1 heterocycles. The lowest BCUT2D eigenvalue weighted by Gasteiger charge is -2.09. The Morgan fingerprint density at radius 1 is 1.00 bits per heavy atom. The van der Waals surface area contributed by atoms with E-state index in [0.29, 0.717) is 6.54 Å². The second kappa shape index (κ2) is 10.5. The Morgan fingerprint density at radius 3 is 2.20 bits per heavy atom. The number of ether oxygens (including phenoxy) is 2. The molecule has 2 aromatic carbocycles. The molecule has 0 atom stereocenters. The van der Waals surface area contributed by atoms with Crippen LogP contribution in [0, 0.1) is 0 Å². The highest BCUT2D eigenvalue weighted by Crippen LogP contribution is 2.25. The van der Waals surface area contributed by atoms with E-state index in [4.69, 9.17) is 29.3 Å². The van der Waals surface area contributed by atoms with Crippen molar-refractivity contribution < 1.29 is 29.3 Å². The van der Waals surface area contributed by atoms with Crippen LogP contribution in [0.2, 0.25) is 0 Å². The van der Waals surface area contributed by atoms with Crippen LogP contribution in [0.1, 0.15) is 5.56 Å². The summed E-state index contributed by atoms with van der Waals surface area (Å²) in [5.74, 6) is -1.13. The average molecular weight is 413 g/mol. The van der Waals surface area contributed by atoms with Crippen molar-refractivity contribution in [1.29, 1.82) is 0 Å². The molecule has 1 aromatic heterocycles. The molecule has 0 fully saturated rings. The van der Waals surface area contributed by atoms with Crippen molar-refractivity contribution in [3.63, 3.8) is 0 Å². The van der Waals surface area contributed by atoms with E-state index in [1.807, 2.05) is 66.3 Å². The van der Waals surface area contributed by atoms with Crippen LogP contribution in [-0.2, 0) is 23.2 Å². The molecule has 9 heteroatoms. The van der Waals surface area contributed by atoms with Crippen LogP contribution in [-0.4, -0.2) is 45.9 Å². The number of carboxylic acid groups (broad SMARTS) is 2. The lowest BCUT2D eigenvalue weighted by molar-refractivity contribution is -0.159. The molecule has 0 spiro atoms. The molecular formula is C21H23N3O6. The number of aromatic nitrogens is 2. The number of methoxy groups -OCH3 is 2. The number of benzene rings is 2. The molecule has 0 amide bonds. The van der Waals surface area contributed by atoms with Crippen molar-refractivity contribution in [1.82, 2.24) is 9.55 Å². The van der Waals surface area contributed by atoms with Gasteiger partial charge in [-0.3, -0.25) is 0 Å². The minimum absolute atomic E-state index is 0.701. The Morgan fingerprint density at radius 2 is 1.63 bits per heavy atom. The zero-order valence-corrected chi connectivity index (χ0v) is 16.8. The standard InChI is InChI=1S/C19H21N3O2.C2H2O4/c1-22-18(15-5-4-6-17(11-15)24-3)13-21-19(22)20-12-14-7-9-16(23-2)10-8-14;3-1(4)2(5)6/h4-11,13H,12H2,1-3H3,(H,20,21);(H,3,4)(H,5,6). The minimum Gasteiger partial charge on any atom is -0.497 e. The number of rotatable bonds is 6. The number of anilines is 1. The van der Waals surface area contributed by atoms with Gasteiger partial charge in [0.1, 0.15) is 11.5 Å². The molecule has 0 aliphatic heterocycles. The van der Waals surface area contributed by atoms with Crippen LogP contribution in [0.15, 0.2) is 54.7 Å². The van der Waals surface area contributed by atoms with E-state index >= 15 is 0 Å². The van der Waals surface area contributed by atoms with Gasteiger partial charge in [-0.25, -0.2) is 14.6 Å². The highest BCUT2D eigenvalue weighted by atomic mass is 16.5. The first-order valence-electron chi connectivity index (χ1n) is 8.84. The summed E-state index contributed by atoms with van der Waals surface area (Å²) in [6, 6.07) is 16.0. The number of hydrogen-bond donors (Lipinski definition) is 3. The third-order valence-corrected chi connectivity index (χ3v) is 4.15. The monoisotopic (exact) mass is 413 g/mol. The van der Waals surface area contributed by atoms with Crippen LogP contribution < -0.4 is 14.8 Å². The van der Waals surface area contributed by atoms with Gasteiger partial charge >= 0.3 is 11.9 Å². The van der Waals surface area contributed by atoms with Gasteiger partial charge in [0.2, 0.25) is 5.95 Å². The molecule has 0 unspecified atom stereocenters. The zero-order chi connectivity index (χ0) is 22.1. The van der Waals surface area contributed by atoms with Crippen molar-refractivity contribution in [3.8, 4) is 22.8 Å². The smallest absolute Gasteiger partial charge is 0.414 e. The summed E-state index contributed by atoms with van der Waals surface area (Å²) in [5, 5.41) is 18.1. The molecular weight excluding hydrogens is 390 g/mol. The SMILES string of the molecule is COc1ccc(CNc2ncc(-c3cccc(OC)c3)n2C)cc1.O=C(O)C(=O)O. The quantitative estimate of drug-likeness (QED) is 0.527. The molecule has 0 saturated heterocycles. The lowest BCUT2D eigenvalue weighted by atomic mass is 10.1. The van der Waals surface area contributed by atoms with Crippen LogP contribution in [0.5, 0.6) is 11.5 Å². The summed E-state index contributed by atoms with van der Waals surface area (Å²) in [6.07, 6.45) is 1.87. The molecule has 0 radical (unpaired) electrons. The summed E-state index contributed by atoms with van der Waals surface area (Å²) in [7, 11) is 5.34. The van der Waals surface area contributed by atoms with Crippen LogP contribution in [0.25, 0.3) is 11.3 Å². The fraction of sp³-hybridized carbons (Fsp3) is 0.190. The van der Waals surface area contributed by atoms with Crippen molar-refractivity contribution in [3.05, 3.63) is 60.3 Å². The Labute approximate surface area is 173 Å². The van der Waals surface area contributed by atoms with Crippen LogP contribution in [0.4, 0.5) is 5.95 Å². The number of carbonyl (C=O) groups is 2. The molecule has 0 aliphatic carbocycles. The molecule has 3 aromatic rings. The Kier molecular flexibility index (Phi) is 7.81.